The minimum atomic E-state index is -1.34. The fourth-order valence-corrected chi connectivity index (χ4v) is 3.29. The second-order valence-electron chi connectivity index (χ2n) is 7.90. The molecule has 15 nitrogen and oxygen atoms in total. The normalized spacial score (nSPS) is 12.6. The van der Waals surface area contributed by atoms with Crippen molar-refractivity contribution in [3.8, 4) is 0 Å². The minimum absolute atomic E-state index is 0.0299. The summed E-state index contributed by atoms with van der Waals surface area (Å²) >= 11 is 7.94. The molecule has 0 aromatic heterocycles. The maximum atomic E-state index is 12.3. The summed E-state index contributed by atoms with van der Waals surface area (Å²) < 4.78 is 0. The van der Waals surface area contributed by atoms with E-state index in [1.807, 2.05) is 0 Å². The van der Waals surface area contributed by atoms with Crippen molar-refractivity contribution in [2.75, 3.05) is 31.9 Å². The van der Waals surface area contributed by atoms with Gasteiger partial charge in [0.1, 0.15) is 12.1 Å². The van der Waals surface area contributed by atoms with E-state index in [9.17, 15) is 33.6 Å². The summed E-state index contributed by atoms with van der Waals surface area (Å²) in [5.41, 5.74) is 11.3. The van der Waals surface area contributed by atoms with Crippen molar-refractivity contribution in [3.05, 3.63) is 35.9 Å². The van der Waals surface area contributed by atoms with Gasteiger partial charge in [-0.3, -0.25) is 33.6 Å². The van der Waals surface area contributed by atoms with Crippen molar-refractivity contribution in [3.63, 3.8) is 0 Å². The van der Waals surface area contributed by atoms with Crippen molar-refractivity contribution in [2.24, 2.45) is 11.5 Å². The molecule has 1 aromatic rings. The molecule has 214 valence electrons. The van der Waals surface area contributed by atoms with E-state index >= 15 is 0 Å². The molecule has 0 aliphatic heterocycles. The molecule has 1 aromatic carbocycles. The molecule has 39 heavy (non-hydrogen) atoms. The molecule has 0 radical (unpaired) electrons. The molecular weight excluding hydrogens is 552 g/mol. The summed E-state index contributed by atoms with van der Waals surface area (Å²) in [6.07, 6.45) is 0.141. The summed E-state index contributed by atoms with van der Waals surface area (Å²) in [6.45, 7) is -1.85. The summed E-state index contributed by atoms with van der Waals surface area (Å²) in [6, 6.07) is 6.81. The Labute approximate surface area is 235 Å². The minimum Gasteiger partial charge on any atom is -0.368 e. The van der Waals surface area contributed by atoms with Gasteiger partial charge in [0.15, 0.2) is 5.37 Å². The van der Waals surface area contributed by atoms with Crippen molar-refractivity contribution >= 4 is 66.6 Å². The van der Waals surface area contributed by atoms with E-state index in [0.717, 1.165) is 5.56 Å². The van der Waals surface area contributed by atoms with E-state index < -0.39 is 78.4 Å². The molecule has 2 unspecified atom stereocenters. The number of rotatable bonds is 16. The molecule has 0 bridgehead atoms. The van der Waals surface area contributed by atoms with Gasteiger partial charge in [0.05, 0.1) is 26.2 Å². The molecule has 10 N–H and O–H groups in total. The number of nitrogens with two attached hydrogens (primary N) is 2. The van der Waals surface area contributed by atoms with Gasteiger partial charge < -0.3 is 43.4 Å². The number of thiol groups is 2. The van der Waals surface area contributed by atoms with E-state index in [1.54, 1.807) is 30.3 Å². The Hall–Kier alpha value is -3.83. The SMILES string of the molecule is NCC(=O)NC(CS)C(=O)NCC(=O)NCC(=O)NCC(=O)NC(S)C(=O)N[C@@H](Cc1ccccc1)C(N)=O. The van der Waals surface area contributed by atoms with Crippen LogP contribution in [0.4, 0.5) is 0 Å². The number of hydrogen-bond donors (Lipinski definition) is 10. The summed E-state index contributed by atoms with van der Waals surface area (Å²) in [4.78, 5) is 83.1. The highest BCUT2D eigenvalue weighted by Crippen LogP contribution is 2.04. The smallest absolute Gasteiger partial charge is 0.253 e. The molecule has 1 rings (SSSR count). The summed E-state index contributed by atoms with van der Waals surface area (Å²) in [5, 5.41) is 12.4. The standard InChI is InChI=1S/C22H32N8O7S2/c23-7-15(31)28-14(11-38)20(36)27-9-17(33)25-8-16(32)26-10-18(34)30-22(39)21(37)29-13(19(24)35)6-12-4-2-1-3-5-12/h1-5,13-14,22,38-39H,6-11,23H2,(H2,24,35)(H,25,33)(H,26,32)(H,27,36)(H,28,31)(H,29,37)(H,30,34)/t13-,14?,22?/m0/s1. The zero-order valence-corrected chi connectivity index (χ0v) is 22.6. The number of carbonyl (C=O) groups is 7. The van der Waals surface area contributed by atoms with E-state index in [0.29, 0.717) is 0 Å². The lowest BCUT2D eigenvalue weighted by molar-refractivity contribution is -0.130. The first-order valence-corrected chi connectivity index (χ1v) is 12.6. The molecule has 0 fully saturated rings. The summed E-state index contributed by atoms with van der Waals surface area (Å²) in [7, 11) is 0. The van der Waals surface area contributed by atoms with Crippen LogP contribution in [-0.4, -0.2) is 90.7 Å². The molecule has 0 spiro atoms. The Morgan fingerprint density at radius 2 is 1.28 bits per heavy atom. The first-order chi connectivity index (χ1) is 18.5. The number of benzene rings is 1. The third kappa shape index (κ3) is 13.5. The Morgan fingerprint density at radius 1 is 0.718 bits per heavy atom. The van der Waals surface area contributed by atoms with Crippen LogP contribution in [0.1, 0.15) is 5.56 Å². The third-order valence-corrected chi connectivity index (χ3v) is 5.55. The average Bonchev–Trinajstić information content (AvgIpc) is 2.91. The van der Waals surface area contributed by atoms with Crippen molar-refractivity contribution in [2.45, 2.75) is 23.9 Å². The van der Waals surface area contributed by atoms with Gasteiger partial charge in [0.2, 0.25) is 35.4 Å². The second-order valence-corrected chi connectivity index (χ2v) is 8.78. The van der Waals surface area contributed by atoms with Crippen molar-refractivity contribution in [1.29, 1.82) is 0 Å². The average molecular weight is 585 g/mol. The number of hydrogen-bond acceptors (Lipinski definition) is 10. The zero-order valence-electron chi connectivity index (χ0n) is 20.8. The van der Waals surface area contributed by atoms with Crippen molar-refractivity contribution < 1.29 is 33.6 Å². The fourth-order valence-electron chi connectivity index (χ4n) is 2.81. The topological polar surface area (TPSA) is 244 Å². The molecule has 17 heteroatoms. The van der Waals surface area contributed by atoms with E-state index in [1.165, 1.54) is 0 Å². The van der Waals surface area contributed by atoms with Gasteiger partial charge in [-0.15, -0.1) is 12.6 Å². The highest BCUT2D eigenvalue weighted by atomic mass is 32.1. The van der Waals surface area contributed by atoms with Gasteiger partial charge in [-0.1, -0.05) is 30.3 Å². The van der Waals surface area contributed by atoms with Crippen LogP contribution in [0.15, 0.2) is 30.3 Å². The largest absolute Gasteiger partial charge is 0.368 e. The number of primary amides is 1. The Bertz CT molecular complexity index is 1040. The third-order valence-electron chi connectivity index (χ3n) is 4.82. The first kappa shape index (κ1) is 33.2. The van der Waals surface area contributed by atoms with Crippen LogP contribution in [0, 0.1) is 0 Å². The number of amides is 7. The van der Waals surface area contributed by atoms with E-state index in [4.69, 9.17) is 11.5 Å². The molecule has 3 atom stereocenters. The first-order valence-electron chi connectivity index (χ1n) is 11.5. The van der Waals surface area contributed by atoms with Gasteiger partial charge in [-0.2, -0.15) is 12.6 Å². The molecular formula is C22H32N8O7S2. The van der Waals surface area contributed by atoms with Crippen LogP contribution in [-0.2, 0) is 40.0 Å². The molecule has 0 aliphatic carbocycles. The highest BCUT2D eigenvalue weighted by molar-refractivity contribution is 7.81. The quantitative estimate of drug-likeness (QED) is 0.0667. The van der Waals surface area contributed by atoms with E-state index in [2.05, 4.69) is 57.2 Å². The predicted octanol–water partition coefficient (Wildman–Crippen LogP) is -4.71. The number of nitrogens with one attached hydrogen (secondary N) is 6. The van der Waals surface area contributed by atoms with Crippen LogP contribution in [0.5, 0.6) is 0 Å². The second kappa shape index (κ2) is 17.6. The Morgan fingerprint density at radius 3 is 1.82 bits per heavy atom. The Kier molecular flexibility index (Phi) is 15.0. The molecule has 0 heterocycles. The van der Waals surface area contributed by atoms with Crippen LogP contribution in [0.2, 0.25) is 0 Å². The van der Waals surface area contributed by atoms with Crippen molar-refractivity contribution in [1.82, 2.24) is 31.9 Å². The lowest BCUT2D eigenvalue weighted by Crippen LogP contribution is -2.53. The highest BCUT2D eigenvalue weighted by Gasteiger charge is 2.24. The van der Waals surface area contributed by atoms with Gasteiger partial charge in [0, 0.05) is 12.2 Å². The van der Waals surface area contributed by atoms with Crippen LogP contribution in [0.3, 0.4) is 0 Å². The summed E-state index contributed by atoms with van der Waals surface area (Å²) in [5.74, 6) is -5.04. The lowest BCUT2D eigenvalue weighted by atomic mass is 10.1. The maximum absolute atomic E-state index is 12.3. The van der Waals surface area contributed by atoms with Crippen LogP contribution < -0.4 is 43.4 Å². The monoisotopic (exact) mass is 584 g/mol. The van der Waals surface area contributed by atoms with Gasteiger partial charge >= 0.3 is 0 Å². The van der Waals surface area contributed by atoms with Crippen LogP contribution in [0.25, 0.3) is 0 Å². The Balaban J connectivity index is 2.36. The maximum Gasteiger partial charge on any atom is 0.253 e. The van der Waals surface area contributed by atoms with Gasteiger partial charge in [-0.05, 0) is 5.56 Å². The van der Waals surface area contributed by atoms with E-state index in [-0.39, 0.29) is 18.7 Å². The van der Waals surface area contributed by atoms with Crippen LogP contribution >= 0.6 is 25.3 Å². The zero-order chi connectivity index (χ0) is 29.4. The lowest BCUT2D eigenvalue weighted by Gasteiger charge is -2.19. The predicted molar refractivity (Wildman–Crippen MR) is 146 cm³/mol. The number of carbonyl (C=O) groups excluding carboxylic acids is 7. The molecule has 0 saturated heterocycles. The molecule has 0 saturated carbocycles. The molecule has 0 aliphatic rings. The molecule has 7 amide bonds. The fraction of sp³-hybridized carbons (Fsp3) is 0.409. The van der Waals surface area contributed by atoms with Gasteiger partial charge in [0.25, 0.3) is 5.91 Å². The van der Waals surface area contributed by atoms with Gasteiger partial charge in [-0.25, -0.2) is 0 Å².